The second-order valence-electron chi connectivity index (χ2n) is 5.95. The van der Waals surface area contributed by atoms with E-state index in [4.69, 9.17) is 5.73 Å². The van der Waals surface area contributed by atoms with Gasteiger partial charge in [-0.2, -0.15) is 0 Å². The van der Waals surface area contributed by atoms with Gasteiger partial charge in [0.2, 0.25) is 5.96 Å². The topological polar surface area (TPSA) is 41.6 Å². The summed E-state index contributed by atoms with van der Waals surface area (Å²) in [6.07, 6.45) is 0.997. The van der Waals surface area contributed by atoms with Crippen molar-refractivity contribution >= 4 is 17.3 Å². The molecule has 0 saturated carbocycles. The van der Waals surface area contributed by atoms with Crippen LogP contribution < -0.4 is 10.6 Å². The minimum atomic E-state index is 0.441. The zero-order chi connectivity index (χ0) is 16.8. The number of aryl methyl sites for hydroxylation is 1. The highest BCUT2D eigenvalue weighted by Gasteiger charge is 2.14. The summed E-state index contributed by atoms with van der Waals surface area (Å²) in [5, 5.41) is 0. The Morgan fingerprint density at radius 2 is 1.83 bits per heavy atom. The van der Waals surface area contributed by atoms with E-state index in [0.29, 0.717) is 11.9 Å². The summed E-state index contributed by atoms with van der Waals surface area (Å²) in [5.74, 6) is 0.977. The van der Waals surface area contributed by atoms with Gasteiger partial charge in [-0.3, -0.25) is 0 Å². The van der Waals surface area contributed by atoms with E-state index in [0.717, 1.165) is 24.3 Å². The average molecular weight is 309 g/mol. The van der Waals surface area contributed by atoms with Gasteiger partial charge in [0.1, 0.15) is 0 Å². The molecule has 122 valence electrons. The Morgan fingerprint density at radius 1 is 1.09 bits per heavy atom. The summed E-state index contributed by atoms with van der Waals surface area (Å²) in [6.45, 7) is 9.42. The van der Waals surface area contributed by atoms with E-state index >= 15 is 0 Å². The number of benzene rings is 2. The van der Waals surface area contributed by atoms with Crippen LogP contribution in [0.4, 0.5) is 11.4 Å². The van der Waals surface area contributed by atoms with Crippen molar-refractivity contribution in [2.45, 2.75) is 40.0 Å². The van der Waals surface area contributed by atoms with Gasteiger partial charge >= 0.3 is 0 Å². The van der Waals surface area contributed by atoms with E-state index < -0.39 is 0 Å². The number of nitrogens with two attached hydrogens (primary N) is 1. The number of rotatable bonds is 5. The van der Waals surface area contributed by atoms with Crippen LogP contribution in [0.5, 0.6) is 0 Å². The first-order valence-electron chi connectivity index (χ1n) is 8.36. The van der Waals surface area contributed by atoms with Gasteiger partial charge < -0.3 is 10.6 Å². The highest BCUT2D eigenvalue weighted by atomic mass is 15.3. The lowest BCUT2D eigenvalue weighted by molar-refractivity contribution is 0.857. The van der Waals surface area contributed by atoms with Crippen LogP contribution in [0.1, 0.15) is 44.7 Å². The molecular weight excluding hydrogens is 282 g/mol. The van der Waals surface area contributed by atoms with Crippen molar-refractivity contribution < 1.29 is 0 Å². The molecular formula is C20H27N3. The van der Waals surface area contributed by atoms with Gasteiger partial charge in [-0.15, -0.1) is 0 Å². The van der Waals surface area contributed by atoms with E-state index in [-0.39, 0.29) is 0 Å². The third-order valence-corrected chi connectivity index (χ3v) is 4.00. The number of aliphatic imine (C=N–C) groups is 1. The average Bonchev–Trinajstić information content (AvgIpc) is 2.56. The molecule has 0 unspecified atom stereocenters. The van der Waals surface area contributed by atoms with E-state index in [1.165, 1.54) is 11.1 Å². The van der Waals surface area contributed by atoms with Crippen molar-refractivity contribution in [3.05, 3.63) is 59.7 Å². The van der Waals surface area contributed by atoms with Gasteiger partial charge in [0.15, 0.2) is 0 Å². The predicted molar refractivity (Wildman–Crippen MR) is 101 cm³/mol. The monoisotopic (exact) mass is 309 g/mol. The largest absolute Gasteiger partial charge is 0.369 e. The molecule has 3 heteroatoms. The SMILES string of the molecule is CCc1cccc(N=C(N)N(CC)c2ccccc2C(C)C)c1. The first kappa shape index (κ1) is 17.1. The van der Waals surface area contributed by atoms with Crippen LogP contribution >= 0.6 is 0 Å². The van der Waals surface area contributed by atoms with E-state index in [1.807, 2.05) is 12.1 Å². The lowest BCUT2D eigenvalue weighted by Crippen LogP contribution is -2.37. The van der Waals surface area contributed by atoms with Crippen molar-refractivity contribution in [1.82, 2.24) is 0 Å². The lowest BCUT2D eigenvalue weighted by atomic mass is 10.0. The summed E-state index contributed by atoms with van der Waals surface area (Å²) in [5.41, 5.74) is 10.9. The number of para-hydroxylation sites is 1. The first-order valence-corrected chi connectivity index (χ1v) is 8.36. The van der Waals surface area contributed by atoms with Crippen LogP contribution in [0.25, 0.3) is 0 Å². The molecule has 2 aromatic carbocycles. The molecule has 0 aromatic heterocycles. The summed E-state index contributed by atoms with van der Waals surface area (Å²) in [6, 6.07) is 16.6. The van der Waals surface area contributed by atoms with Crippen LogP contribution in [-0.4, -0.2) is 12.5 Å². The van der Waals surface area contributed by atoms with Crippen molar-refractivity contribution in [3.63, 3.8) is 0 Å². The predicted octanol–water partition coefficient (Wildman–Crippen LogP) is 4.85. The highest BCUT2D eigenvalue weighted by molar-refractivity contribution is 5.97. The maximum absolute atomic E-state index is 6.33. The third kappa shape index (κ3) is 4.13. The minimum absolute atomic E-state index is 0.441. The van der Waals surface area contributed by atoms with Crippen molar-refractivity contribution in [2.24, 2.45) is 10.7 Å². The van der Waals surface area contributed by atoms with Gasteiger partial charge in [0.25, 0.3) is 0 Å². The molecule has 2 N–H and O–H groups in total. The van der Waals surface area contributed by atoms with Crippen LogP contribution in [0.15, 0.2) is 53.5 Å². The van der Waals surface area contributed by atoms with E-state index in [2.05, 4.69) is 74.0 Å². The second-order valence-corrected chi connectivity index (χ2v) is 5.95. The van der Waals surface area contributed by atoms with E-state index in [1.54, 1.807) is 0 Å². The lowest BCUT2D eigenvalue weighted by Gasteiger charge is -2.26. The molecule has 2 rings (SSSR count). The Morgan fingerprint density at radius 3 is 2.48 bits per heavy atom. The molecule has 23 heavy (non-hydrogen) atoms. The molecule has 2 aromatic rings. The first-order chi connectivity index (χ1) is 11.1. The molecule has 0 heterocycles. The number of hydrogen-bond donors (Lipinski definition) is 1. The zero-order valence-electron chi connectivity index (χ0n) is 14.6. The van der Waals surface area contributed by atoms with Crippen LogP contribution in [-0.2, 0) is 6.42 Å². The molecule has 0 amide bonds. The molecule has 0 radical (unpaired) electrons. The molecule has 0 aliphatic rings. The molecule has 0 aliphatic carbocycles. The number of anilines is 1. The quantitative estimate of drug-likeness (QED) is 0.634. The smallest absolute Gasteiger partial charge is 0.201 e. The minimum Gasteiger partial charge on any atom is -0.369 e. The highest BCUT2D eigenvalue weighted by Crippen LogP contribution is 2.27. The summed E-state index contributed by atoms with van der Waals surface area (Å²) < 4.78 is 0. The Hall–Kier alpha value is -2.29. The second kappa shape index (κ2) is 7.82. The van der Waals surface area contributed by atoms with Gasteiger partial charge in [0, 0.05) is 12.2 Å². The van der Waals surface area contributed by atoms with Gasteiger partial charge in [-0.25, -0.2) is 4.99 Å². The Balaban J connectivity index is 2.38. The number of nitrogens with zero attached hydrogens (tertiary/aromatic N) is 2. The molecule has 0 saturated heterocycles. The third-order valence-electron chi connectivity index (χ3n) is 4.00. The fourth-order valence-corrected chi connectivity index (χ4v) is 2.72. The molecule has 0 fully saturated rings. The summed E-state index contributed by atoms with van der Waals surface area (Å²) in [4.78, 5) is 6.71. The zero-order valence-corrected chi connectivity index (χ0v) is 14.6. The van der Waals surface area contributed by atoms with Gasteiger partial charge in [-0.1, -0.05) is 51.1 Å². The summed E-state index contributed by atoms with van der Waals surface area (Å²) >= 11 is 0. The van der Waals surface area contributed by atoms with Crippen LogP contribution in [0.2, 0.25) is 0 Å². The van der Waals surface area contributed by atoms with Gasteiger partial charge in [-0.05, 0) is 48.6 Å². The molecule has 0 spiro atoms. The summed E-state index contributed by atoms with van der Waals surface area (Å²) in [7, 11) is 0. The van der Waals surface area contributed by atoms with Crippen molar-refractivity contribution in [1.29, 1.82) is 0 Å². The fraction of sp³-hybridized carbons (Fsp3) is 0.350. The molecule has 0 bridgehead atoms. The maximum Gasteiger partial charge on any atom is 0.201 e. The molecule has 3 nitrogen and oxygen atoms in total. The van der Waals surface area contributed by atoms with Crippen LogP contribution in [0, 0.1) is 0 Å². The Bertz CT molecular complexity index is 674. The maximum atomic E-state index is 6.33. The van der Waals surface area contributed by atoms with Gasteiger partial charge in [0.05, 0.1) is 5.69 Å². The Labute approximate surface area is 139 Å². The molecule has 0 aliphatic heterocycles. The Kier molecular flexibility index (Phi) is 5.80. The van der Waals surface area contributed by atoms with E-state index in [9.17, 15) is 0 Å². The number of guanidine groups is 1. The van der Waals surface area contributed by atoms with Crippen molar-refractivity contribution in [2.75, 3.05) is 11.4 Å². The fourth-order valence-electron chi connectivity index (χ4n) is 2.72. The van der Waals surface area contributed by atoms with Crippen molar-refractivity contribution in [3.8, 4) is 0 Å². The van der Waals surface area contributed by atoms with Crippen LogP contribution in [0.3, 0.4) is 0 Å². The molecule has 0 atom stereocenters. The number of hydrogen-bond acceptors (Lipinski definition) is 1. The normalized spacial score (nSPS) is 11.8. The standard InChI is InChI=1S/C20H27N3/c1-5-16-10-9-11-17(14-16)22-20(21)23(6-2)19-13-8-7-12-18(19)15(3)4/h7-15H,5-6H2,1-4H3,(H2,21,22).